The average molecular weight is 386 g/mol. The van der Waals surface area contributed by atoms with Gasteiger partial charge in [0.1, 0.15) is 11.2 Å². The van der Waals surface area contributed by atoms with Crippen molar-refractivity contribution in [3.8, 4) is 11.5 Å². The first-order chi connectivity index (χ1) is 13.1. The summed E-state index contributed by atoms with van der Waals surface area (Å²) in [6, 6.07) is 8.66. The number of amides is 1. The van der Waals surface area contributed by atoms with Crippen molar-refractivity contribution in [3.63, 3.8) is 0 Å². The van der Waals surface area contributed by atoms with Gasteiger partial charge >= 0.3 is 0 Å². The Kier molecular flexibility index (Phi) is 4.68. The molecule has 1 aliphatic rings. The number of pyridine rings is 1. The number of fused-ring (bicyclic) bond motifs is 2. The van der Waals surface area contributed by atoms with E-state index in [0.717, 1.165) is 12.0 Å². The maximum atomic E-state index is 12.5. The number of nitrogens with one attached hydrogen (secondary N) is 1. The summed E-state index contributed by atoms with van der Waals surface area (Å²) in [6.07, 6.45) is 3.63. The molecule has 0 unspecified atom stereocenters. The van der Waals surface area contributed by atoms with Crippen LogP contribution in [0.5, 0.6) is 11.5 Å². The summed E-state index contributed by atoms with van der Waals surface area (Å²) in [7, 11) is 0. The van der Waals surface area contributed by atoms with Crippen LogP contribution in [0.15, 0.2) is 47.5 Å². The monoisotopic (exact) mass is 385 g/mol. The van der Waals surface area contributed by atoms with E-state index in [1.807, 2.05) is 0 Å². The van der Waals surface area contributed by atoms with Crippen molar-refractivity contribution in [2.24, 2.45) is 0 Å². The minimum absolute atomic E-state index is 0.0286. The van der Waals surface area contributed by atoms with Gasteiger partial charge in [-0.1, -0.05) is 17.7 Å². The van der Waals surface area contributed by atoms with Crippen LogP contribution >= 0.6 is 11.6 Å². The molecule has 0 bridgehead atoms. The highest BCUT2D eigenvalue weighted by Crippen LogP contribution is 2.37. The fourth-order valence-corrected chi connectivity index (χ4v) is 3.13. The van der Waals surface area contributed by atoms with Crippen molar-refractivity contribution < 1.29 is 14.3 Å². The maximum absolute atomic E-state index is 12.5. The van der Waals surface area contributed by atoms with E-state index in [4.69, 9.17) is 21.1 Å². The molecule has 1 aromatic carbocycles. The molecule has 8 heteroatoms. The third-order valence-electron chi connectivity index (χ3n) is 4.17. The highest BCUT2D eigenvalue weighted by Gasteiger charge is 2.17. The molecule has 0 radical (unpaired) electrons. The molecular weight excluding hydrogens is 370 g/mol. The Balaban J connectivity index is 1.55. The molecule has 3 aromatic rings. The van der Waals surface area contributed by atoms with Gasteiger partial charge in [0.2, 0.25) is 0 Å². The molecule has 1 N–H and O–H groups in total. The molecule has 7 nitrogen and oxygen atoms in total. The number of ether oxygens (including phenoxy) is 2. The van der Waals surface area contributed by atoms with Crippen molar-refractivity contribution in [2.75, 3.05) is 13.2 Å². The summed E-state index contributed by atoms with van der Waals surface area (Å²) in [6.45, 7) is 1.27. The van der Waals surface area contributed by atoms with Crippen molar-refractivity contribution in [3.05, 3.63) is 69.2 Å². The van der Waals surface area contributed by atoms with Gasteiger partial charge in [-0.05, 0) is 29.8 Å². The largest absolute Gasteiger partial charge is 0.489 e. The zero-order valence-electron chi connectivity index (χ0n) is 14.3. The Morgan fingerprint density at radius 2 is 2.11 bits per heavy atom. The van der Waals surface area contributed by atoms with Gasteiger partial charge in [0.05, 0.1) is 18.2 Å². The molecule has 0 spiro atoms. The van der Waals surface area contributed by atoms with Crippen LogP contribution < -0.4 is 20.3 Å². The van der Waals surface area contributed by atoms with Crippen molar-refractivity contribution in [1.82, 2.24) is 14.7 Å². The summed E-state index contributed by atoms with van der Waals surface area (Å²) in [5.74, 6) is 0.562. The number of halogens is 1. The molecule has 1 amide bonds. The molecule has 138 valence electrons. The van der Waals surface area contributed by atoms with Crippen LogP contribution in [0.4, 0.5) is 0 Å². The maximum Gasteiger partial charge on any atom is 0.270 e. The van der Waals surface area contributed by atoms with E-state index >= 15 is 0 Å². The van der Waals surface area contributed by atoms with E-state index in [1.54, 1.807) is 36.5 Å². The van der Waals surface area contributed by atoms with Crippen LogP contribution in [0.3, 0.4) is 0 Å². The van der Waals surface area contributed by atoms with Gasteiger partial charge in [0.15, 0.2) is 11.5 Å². The third kappa shape index (κ3) is 3.46. The second-order valence-electron chi connectivity index (χ2n) is 6.04. The van der Waals surface area contributed by atoms with E-state index in [-0.39, 0.29) is 12.1 Å². The summed E-state index contributed by atoms with van der Waals surface area (Å²) < 4.78 is 12.6. The molecule has 0 aliphatic carbocycles. The first-order valence-electron chi connectivity index (χ1n) is 8.46. The molecule has 0 saturated carbocycles. The van der Waals surface area contributed by atoms with Crippen LogP contribution in [0.2, 0.25) is 5.02 Å². The van der Waals surface area contributed by atoms with Gasteiger partial charge in [-0.25, -0.2) is 4.98 Å². The highest BCUT2D eigenvalue weighted by molar-refractivity contribution is 6.32. The Morgan fingerprint density at radius 1 is 1.26 bits per heavy atom. The summed E-state index contributed by atoms with van der Waals surface area (Å²) >= 11 is 6.26. The number of carbonyl (C=O) groups is 1. The second-order valence-corrected chi connectivity index (χ2v) is 6.45. The molecule has 3 heterocycles. The van der Waals surface area contributed by atoms with Crippen LogP contribution in [-0.4, -0.2) is 28.5 Å². The lowest BCUT2D eigenvalue weighted by Crippen LogP contribution is -2.31. The van der Waals surface area contributed by atoms with E-state index < -0.39 is 11.5 Å². The molecule has 2 aromatic heterocycles. The fourth-order valence-electron chi connectivity index (χ4n) is 2.85. The molecule has 1 aliphatic heterocycles. The van der Waals surface area contributed by atoms with Gasteiger partial charge < -0.3 is 14.8 Å². The van der Waals surface area contributed by atoms with Crippen molar-refractivity contribution in [2.45, 2.75) is 13.0 Å². The summed E-state index contributed by atoms with van der Waals surface area (Å²) in [5.41, 5.74) is 0.772. The van der Waals surface area contributed by atoms with Gasteiger partial charge in [-0.3, -0.25) is 14.0 Å². The number of hydrogen-bond donors (Lipinski definition) is 1. The quantitative estimate of drug-likeness (QED) is 0.748. The summed E-state index contributed by atoms with van der Waals surface area (Å²) in [4.78, 5) is 29.1. The number of nitrogens with zero attached hydrogens (tertiary/aromatic N) is 2. The molecule has 4 rings (SSSR count). The first kappa shape index (κ1) is 17.4. The predicted molar refractivity (Wildman–Crippen MR) is 99.7 cm³/mol. The van der Waals surface area contributed by atoms with Crippen LogP contribution in [0.1, 0.15) is 22.3 Å². The smallest absolute Gasteiger partial charge is 0.270 e. The molecule has 0 saturated heterocycles. The molecule has 0 atom stereocenters. The normalized spacial score (nSPS) is 13.2. The number of carbonyl (C=O) groups excluding carboxylic acids is 1. The lowest BCUT2D eigenvalue weighted by molar-refractivity contribution is 0.0949. The minimum Gasteiger partial charge on any atom is -0.489 e. The van der Waals surface area contributed by atoms with Crippen LogP contribution in [0.25, 0.3) is 5.65 Å². The Labute approximate surface area is 159 Å². The highest BCUT2D eigenvalue weighted by atomic mass is 35.5. The zero-order chi connectivity index (χ0) is 18.8. The number of benzene rings is 1. The third-order valence-corrected chi connectivity index (χ3v) is 4.45. The van der Waals surface area contributed by atoms with E-state index in [1.165, 1.54) is 10.6 Å². The first-order valence-corrected chi connectivity index (χ1v) is 8.84. The van der Waals surface area contributed by atoms with Crippen molar-refractivity contribution >= 4 is 23.2 Å². The molecule has 27 heavy (non-hydrogen) atoms. The van der Waals surface area contributed by atoms with Gasteiger partial charge in [0, 0.05) is 25.4 Å². The fraction of sp³-hybridized carbons (Fsp3) is 0.211. The minimum atomic E-state index is -0.506. The van der Waals surface area contributed by atoms with E-state index in [0.29, 0.717) is 35.4 Å². The Hall–Kier alpha value is -3.06. The van der Waals surface area contributed by atoms with Gasteiger partial charge in [-0.2, -0.15) is 0 Å². The summed E-state index contributed by atoms with van der Waals surface area (Å²) in [5, 5.41) is 3.15. The van der Waals surface area contributed by atoms with Gasteiger partial charge in [0.25, 0.3) is 11.5 Å². The number of rotatable bonds is 3. The van der Waals surface area contributed by atoms with Crippen LogP contribution in [-0.2, 0) is 6.54 Å². The second kappa shape index (κ2) is 7.28. The lowest BCUT2D eigenvalue weighted by atomic mass is 10.2. The van der Waals surface area contributed by atoms with E-state index in [2.05, 4.69) is 10.3 Å². The Bertz CT molecular complexity index is 1080. The topological polar surface area (TPSA) is 81.9 Å². The SMILES string of the molecule is O=C(NCc1cc(Cl)c2c(c1)OCCCO2)c1cnc2ccccn2c1=O. The number of aromatic nitrogens is 2. The average Bonchev–Trinajstić information content (AvgIpc) is 2.92. The predicted octanol–water partition coefficient (Wildman–Crippen LogP) is 2.44. The Morgan fingerprint density at radius 3 is 3.00 bits per heavy atom. The van der Waals surface area contributed by atoms with Crippen LogP contribution in [0, 0.1) is 0 Å². The van der Waals surface area contributed by atoms with Crippen molar-refractivity contribution in [1.29, 1.82) is 0 Å². The zero-order valence-corrected chi connectivity index (χ0v) is 15.0. The molecule has 0 fully saturated rings. The van der Waals surface area contributed by atoms with E-state index in [9.17, 15) is 9.59 Å². The molecular formula is C19H16ClN3O4. The number of hydrogen-bond acceptors (Lipinski definition) is 5. The standard InChI is InChI=1S/C19H16ClN3O4/c20-14-8-12(9-15-17(14)27-7-3-6-26-15)10-22-18(24)13-11-21-16-4-1-2-5-23(16)19(13)25/h1-2,4-5,8-9,11H,3,6-7,10H2,(H,22,24). The lowest BCUT2D eigenvalue weighted by Gasteiger charge is -2.12. The van der Waals surface area contributed by atoms with Gasteiger partial charge in [-0.15, -0.1) is 0 Å².